The summed E-state index contributed by atoms with van der Waals surface area (Å²) in [5, 5.41) is 4.03. The quantitative estimate of drug-likeness (QED) is 0.815. The molecule has 1 aromatic heterocycles. The SMILES string of the molecule is CN(Cc1noc(C2CC2)n1)C1CCC(=O)CC1. The van der Waals surface area contributed by atoms with Gasteiger partial charge in [-0.25, -0.2) is 0 Å². The topological polar surface area (TPSA) is 59.2 Å². The molecule has 1 aromatic rings. The average Bonchev–Trinajstić information content (AvgIpc) is 3.11. The first-order chi connectivity index (χ1) is 8.72. The second-order valence-electron chi connectivity index (χ2n) is 5.51. The summed E-state index contributed by atoms with van der Waals surface area (Å²) in [5.74, 6) is 2.49. The van der Waals surface area contributed by atoms with Crippen LogP contribution in [-0.2, 0) is 11.3 Å². The van der Waals surface area contributed by atoms with Gasteiger partial charge in [0, 0.05) is 24.8 Å². The van der Waals surface area contributed by atoms with Crippen LogP contribution >= 0.6 is 0 Å². The van der Waals surface area contributed by atoms with E-state index in [0.29, 0.717) is 30.6 Å². The zero-order chi connectivity index (χ0) is 12.5. The maximum atomic E-state index is 11.2. The Morgan fingerprint density at radius 2 is 2.00 bits per heavy atom. The van der Waals surface area contributed by atoms with Crippen molar-refractivity contribution in [2.75, 3.05) is 7.05 Å². The van der Waals surface area contributed by atoms with E-state index in [-0.39, 0.29) is 0 Å². The van der Waals surface area contributed by atoms with E-state index in [2.05, 4.69) is 22.1 Å². The largest absolute Gasteiger partial charge is 0.339 e. The van der Waals surface area contributed by atoms with Crippen LogP contribution in [0.5, 0.6) is 0 Å². The number of carbonyl (C=O) groups is 1. The lowest BCUT2D eigenvalue weighted by Crippen LogP contribution is -2.35. The molecule has 5 heteroatoms. The fourth-order valence-corrected chi connectivity index (χ4v) is 2.55. The predicted octanol–water partition coefficient (Wildman–Crippen LogP) is 1.89. The molecule has 3 rings (SSSR count). The summed E-state index contributed by atoms with van der Waals surface area (Å²) >= 11 is 0. The van der Waals surface area contributed by atoms with Crippen LogP contribution in [0.4, 0.5) is 0 Å². The molecule has 0 amide bonds. The molecule has 2 saturated carbocycles. The summed E-state index contributed by atoms with van der Waals surface area (Å²) in [6, 6.07) is 0.477. The Bertz CT molecular complexity index is 429. The van der Waals surface area contributed by atoms with Crippen LogP contribution in [0.15, 0.2) is 4.52 Å². The third kappa shape index (κ3) is 2.61. The number of hydrogen-bond acceptors (Lipinski definition) is 5. The van der Waals surface area contributed by atoms with Gasteiger partial charge >= 0.3 is 0 Å². The minimum Gasteiger partial charge on any atom is -0.339 e. The first kappa shape index (κ1) is 11.8. The predicted molar refractivity (Wildman–Crippen MR) is 65.0 cm³/mol. The summed E-state index contributed by atoms with van der Waals surface area (Å²) in [7, 11) is 2.08. The fourth-order valence-electron chi connectivity index (χ4n) is 2.55. The van der Waals surface area contributed by atoms with Crippen LogP contribution < -0.4 is 0 Å². The number of hydrogen-bond donors (Lipinski definition) is 0. The maximum Gasteiger partial charge on any atom is 0.229 e. The van der Waals surface area contributed by atoms with Gasteiger partial charge in [-0.3, -0.25) is 9.69 Å². The van der Waals surface area contributed by atoms with E-state index in [1.165, 1.54) is 12.8 Å². The van der Waals surface area contributed by atoms with Crippen molar-refractivity contribution in [3.05, 3.63) is 11.7 Å². The Morgan fingerprint density at radius 3 is 2.67 bits per heavy atom. The van der Waals surface area contributed by atoms with E-state index >= 15 is 0 Å². The van der Waals surface area contributed by atoms with Crippen LogP contribution in [0, 0.1) is 0 Å². The average molecular weight is 249 g/mol. The highest BCUT2D eigenvalue weighted by Gasteiger charge is 2.30. The third-order valence-corrected chi connectivity index (χ3v) is 3.94. The fraction of sp³-hybridized carbons (Fsp3) is 0.769. The van der Waals surface area contributed by atoms with E-state index in [1.54, 1.807) is 0 Å². The molecule has 2 fully saturated rings. The molecule has 98 valence electrons. The summed E-state index contributed by atoms with van der Waals surface area (Å²) < 4.78 is 5.25. The molecule has 18 heavy (non-hydrogen) atoms. The molecule has 0 radical (unpaired) electrons. The Kier molecular flexibility index (Phi) is 3.16. The van der Waals surface area contributed by atoms with E-state index in [4.69, 9.17) is 4.52 Å². The monoisotopic (exact) mass is 249 g/mol. The van der Waals surface area contributed by atoms with Crippen LogP contribution in [0.2, 0.25) is 0 Å². The molecule has 0 bridgehead atoms. The van der Waals surface area contributed by atoms with Crippen LogP contribution in [0.1, 0.15) is 56.2 Å². The lowest BCUT2D eigenvalue weighted by atomic mass is 9.93. The van der Waals surface area contributed by atoms with Gasteiger partial charge in [-0.15, -0.1) is 0 Å². The van der Waals surface area contributed by atoms with Gasteiger partial charge in [-0.1, -0.05) is 5.16 Å². The van der Waals surface area contributed by atoms with Crippen molar-refractivity contribution in [1.82, 2.24) is 15.0 Å². The van der Waals surface area contributed by atoms with Gasteiger partial charge in [-0.2, -0.15) is 4.98 Å². The zero-order valence-corrected chi connectivity index (χ0v) is 10.8. The first-order valence-electron chi connectivity index (χ1n) is 6.77. The molecule has 5 nitrogen and oxygen atoms in total. The normalized spacial score (nSPS) is 21.8. The van der Waals surface area contributed by atoms with Gasteiger partial charge in [0.25, 0.3) is 0 Å². The van der Waals surface area contributed by atoms with Crippen LogP contribution in [-0.4, -0.2) is 33.9 Å². The Hall–Kier alpha value is -1.23. The third-order valence-electron chi connectivity index (χ3n) is 3.94. The van der Waals surface area contributed by atoms with Crippen molar-refractivity contribution in [1.29, 1.82) is 0 Å². The number of aromatic nitrogens is 2. The summed E-state index contributed by atoms with van der Waals surface area (Å²) in [6.07, 6.45) is 5.72. The van der Waals surface area contributed by atoms with Crippen molar-refractivity contribution < 1.29 is 9.32 Å². The number of rotatable bonds is 4. The molecule has 0 unspecified atom stereocenters. The highest BCUT2D eigenvalue weighted by atomic mass is 16.5. The highest BCUT2D eigenvalue weighted by Crippen LogP contribution is 2.38. The van der Waals surface area contributed by atoms with Crippen LogP contribution in [0.25, 0.3) is 0 Å². The second-order valence-corrected chi connectivity index (χ2v) is 5.51. The van der Waals surface area contributed by atoms with E-state index in [1.807, 2.05) is 0 Å². The van der Waals surface area contributed by atoms with Crippen molar-refractivity contribution >= 4 is 5.78 Å². The second kappa shape index (κ2) is 4.80. The standard InChI is InChI=1S/C13H19N3O2/c1-16(10-4-6-11(17)7-5-10)8-12-14-13(18-15-12)9-2-3-9/h9-10H,2-8H2,1H3. The molecule has 0 spiro atoms. The number of nitrogens with zero attached hydrogens (tertiary/aromatic N) is 3. The summed E-state index contributed by atoms with van der Waals surface area (Å²) in [4.78, 5) is 17.9. The Labute approximate surface area is 107 Å². The molecular formula is C13H19N3O2. The van der Waals surface area contributed by atoms with Crippen molar-refractivity contribution in [2.24, 2.45) is 0 Å². The lowest BCUT2D eigenvalue weighted by molar-refractivity contribution is -0.121. The maximum absolute atomic E-state index is 11.2. The molecule has 2 aliphatic carbocycles. The minimum atomic E-state index is 0.398. The van der Waals surface area contributed by atoms with Gasteiger partial charge in [0.05, 0.1) is 6.54 Å². The zero-order valence-electron chi connectivity index (χ0n) is 10.8. The molecule has 0 aromatic carbocycles. The van der Waals surface area contributed by atoms with Gasteiger partial charge in [0.15, 0.2) is 5.82 Å². The first-order valence-corrected chi connectivity index (χ1v) is 6.77. The summed E-state index contributed by atoms with van der Waals surface area (Å²) in [5.41, 5.74) is 0. The van der Waals surface area contributed by atoms with Gasteiger partial charge < -0.3 is 4.52 Å². The Balaban J connectivity index is 1.55. The molecule has 0 N–H and O–H groups in total. The van der Waals surface area contributed by atoms with E-state index in [9.17, 15) is 4.79 Å². The molecular weight excluding hydrogens is 230 g/mol. The Morgan fingerprint density at radius 1 is 1.28 bits per heavy atom. The molecule has 2 aliphatic rings. The van der Waals surface area contributed by atoms with Crippen molar-refractivity contribution in [2.45, 2.75) is 57.0 Å². The van der Waals surface area contributed by atoms with E-state index in [0.717, 1.165) is 31.1 Å². The van der Waals surface area contributed by atoms with Crippen molar-refractivity contribution in [3.8, 4) is 0 Å². The number of Topliss-reactive ketones (excluding diaryl/α,β-unsaturated/α-hetero) is 1. The lowest BCUT2D eigenvalue weighted by Gasteiger charge is -2.29. The van der Waals surface area contributed by atoms with E-state index < -0.39 is 0 Å². The number of carbonyl (C=O) groups excluding carboxylic acids is 1. The van der Waals surface area contributed by atoms with Gasteiger partial charge in [0.1, 0.15) is 5.78 Å². The van der Waals surface area contributed by atoms with Crippen molar-refractivity contribution in [3.63, 3.8) is 0 Å². The van der Waals surface area contributed by atoms with Gasteiger partial charge in [0.2, 0.25) is 5.89 Å². The molecule has 0 saturated heterocycles. The molecule has 0 aliphatic heterocycles. The molecule has 0 atom stereocenters. The summed E-state index contributed by atoms with van der Waals surface area (Å²) in [6.45, 7) is 0.717. The minimum absolute atomic E-state index is 0.398. The van der Waals surface area contributed by atoms with Crippen LogP contribution in [0.3, 0.4) is 0 Å². The van der Waals surface area contributed by atoms with Gasteiger partial charge in [-0.05, 0) is 32.7 Å². The molecule has 1 heterocycles. The number of ketones is 1. The smallest absolute Gasteiger partial charge is 0.229 e. The highest BCUT2D eigenvalue weighted by molar-refractivity contribution is 5.79.